The van der Waals surface area contributed by atoms with E-state index in [4.69, 9.17) is 16.3 Å². The van der Waals surface area contributed by atoms with E-state index >= 15 is 0 Å². The van der Waals surface area contributed by atoms with Crippen LogP contribution >= 0.6 is 22.9 Å². The molecule has 0 radical (unpaired) electrons. The highest BCUT2D eigenvalue weighted by molar-refractivity contribution is 7.15. The van der Waals surface area contributed by atoms with Gasteiger partial charge in [-0.25, -0.2) is 9.18 Å². The van der Waals surface area contributed by atoms with Crippen LogP contribution in [0, 0.1) is 19.7 Å². The molecule has 1 aromatic heterocycles. The van der Waals surface area contributed by atoms with Crippen LogP contribution in [0.4, 0.5) is 9.39 Å². The van der Waals surface area contributed by atoms with Gasteiger partial charge in [0.05, 0.1) is 18.7 Å². The van der Waals surface area contributed by atoms with Gasteiger partial charge in [0.25, 0.3) is 0 Å². The zero-order valence-corrected chi connectivity index (χ0v) is 22.1. The molecule has 0 atom stereocenters. The summed E-state index contributed by atoms with van der Waals surface area (Å²) in [5, 5.41) is 5.45. The Morgan fingerprint density at radius 1 is 1.06 bits per heavy atom. The van der Waals surface area contributed by atoms with E-state index in [0.29, 0.717) is 17.1 Å². The van der Waals surface area contributed by atoms with Crippen molar-refractivity contribution >= 4 is 39.8 Å². The first-order valence-corrected chi connectivity index (χ1v) is 13.0. The van der Waals surface area contributed by atoms with Crippen LogP contribution in [0.5, 0.6) is 0 Å². The van der Waals surface area contributed by atoms with Gasteiger partial charge in [0.1, 0.15) is 16.4 Å². The molecule has 3 aromatic rings. The Bertz CT molecular complexity index is 1270. The summed E-state index contributed by atoms with van der Waals surface area (Å²) in [7, 11) is 1.35. The van der Waals surface area contributed by atoms with Gasteiger partial charge in [0.2, 0.25) is 5.91 Å². The molecule has 0 unspecified atom stereocenters. The second-order valence-electron chi connectivity index (χ2n) is 9.01. The molecular weight excluding hydrogens is 501 g/mol. The predicted molar refractivity (Wildman–Crippen MR) is 142 cm³/mol. The van der Waals surface area contributed by atoms with Crippen LogP contribution in [-0.4, -0.2) is 61.5 Å². The molecule has 4 rings (SSSR count). The smallest absolute Gasteiger partial charge is 0.341 e. The van der Waals surface area contributed by atoms with Crippen LogP contribution in [0.3, 0.4) is 0 Å². The molecule has 2 heterocycles. The highest BCUT2D eigenvalue weighted by Gasteiger charge is 2.25. The summed E-state index contributed by atoms with van der Waals surface area (Å²) < 4.78 is 18.4. The number of thiophene rings is 1. The molecule has 0 bridgehead atoms. The highest BCUT2D eigenvalue weighted by Crippen LogP contribution is 2.38. The van der Waals surface area contributed by atoms with Gasteiger partial charge in [-0.2, -0.15) is 0 Å². The first-order valence-electron chi connectivity index (χ1n) is 11.7. The molecule has 2 aromatic carbocycles. The average molecular weight is 530 g/mol. The second kappa shape index (κ2) is 11.5. The Morgan fingerprint density at radius 3 is 2.47 bits per heavy atom. The number of carbonyl (C=O) groups excluding carboxylic acids is 2. The molecule has 1 amide bonds. The number of piperazine rings is 1. The Hall–Kier alpha value is -2.78. The Morgan fingerprint density at radius 2 is 1.78 bits per heavy atom. The number of rotatable bonds is 7. The van der Waals surface area contributed by atoms with Gasteiger partial charge in [0.15, 0.2) is 0 Å². The molecule has 1 aliphatic heterocycles. The maximum absolute atomic E-state index is 13.4. The number of amides is 1. The van der Waals surface area contributed by atoms with Crippen molar-refractivity contribution in [3.63, 3.8) is 0 Å². The number of nitrogens with one attached hydrogen (secondary N) is 1. The summed E-state index contributed by atoms with van der Waals surface area (Å²) in [5.74, 6) is -1.07. The van der Waals surface area contributed by atoms with Crippen molar-refractivity contribution in [3.05, 3.63) is 74.9 Å². The third-order valence-electron chi connectivity index (χ3n) is 6.34. The van der Waals surface area contributed by atoms with Crippen LogP contribution in [0.25, 0.3) is 11.1 Å². The standard InChI is InChI=1S/C27H29ClFN3O3S/c1-17-4-5-18(2)20(12-17)21-16-36-26(25(21)27(34)35-3)30-24(33)15-32-10-8-31(9-11-32)14-19-6-7-23(29)22(28)13-19/h4-7,12-13,16H,8-11,14-15H2,1-3H3,(H,30,33). The van der Waals surface area contributed by atoms with Crippen molar-refractivity contribution in [3.8, 4) is 11.1 Å². The fourth-order valence-electron chi connectivity index (χ4n) is 4.35. The number of anilines is 1. The van der Waals surface area contributed by atoms with Gasteiger partial charge in [-0.1, -0.05) is 41.4 Å². The number of carbonyl (C=O) groups is 2. The lowest BCUT2D eigenvalue weighted by Crippen LogP contribution is -2.48. The molecular formula is C27H29ClFN3O3S. The van der Waals surface area contributed by atoms with Crippen LogP contribution in [0.15, 0.2) is 41.8 Å². The number of esters is 1. The third kappa shape index (κ3) is 6.13. The van der Waals surface area contributed by atoms with Crippen LogP contribution in [-0.2, 0) is 16.1 Å². The highest BCUT2D eigenvalue weighted by atomic mass is 35.5. The van der Waals surface area contributed by atoms with Crippen LogP contribution in [0.2, 0.25) is 5.02 Å². The van der Waals surface area contributed by atoms with Crippen LogP contribution in [0.1, 0.15) is 27.0 Å². The molecule has 0 saturated carbocycles. The van der Waals surface area contributed by atoms with E-state index < -0.39 is 11.8 Å². The van der Waals surface area contributed by atoms with E-state index in [0.717, 1.165) is 54.0 Å². The summed E-state index contributed by atoms with van der Waals surface area (Å²) in [6.07, 6.45) is 0. The maximum Gasteiger partial charge on any atom is 0.341 e. The van der Waals surface area contributed by atoms with Gasteiger partial charge in [-0.05, 0) is 42.7 Å². The van der Waals surface area contributed by atoms with E-state index in [9.17, 15) is 14.0 Å². The van der Waals surface area contributed by atoms with Crippen molar-refractivity contribution in [1.29, 1.82) is 0 Å². The zero-order chi connectivity index (χ0) is 25.8. The quantitative estimate of drug-likeness (QED) is 0.417. The van der Waals surface area contributed by atoms with Crippen molar-refractivity contribution < 1.29 is 18.7 Å². The first-order chi connectivity index (χ1) is 17.2. The number of benzene rings is 2. The number of aryl methyl sites for hydroxylation is 2. The van der Waals surface area contributed by atoms with E-state index in [1.54, 1.807) is 12.1 Å². The molecule has 1 fully saturated rings. The van der Waals surface area contributed by atoms with Crippen LogP contribution < -0.4 is 5.32 Å². The predicted octanol–water partition coefficient (Wildman–Crippen LogP) is 5.37. The summed E-state index contributed by atoms with van der Waals surface area (Å²) in [6.45, 7) is 7.93. The minimum Gasteiger partial charge on any atom is -0.465 e. The number of halogens is 2. The Kier molecular flexibility index (Phi) is 8.41. The number of methoxy groups -OCH3 is 1. The topological polar surface area (TPSA) is 61.9 Å². The van der Waals surface area contributed by atoms with E-state index in [-0.39, 0.29) is 17.5 Å². The van der Waals surface area contributed by atoms with E-state index in [1.807, 2.05) is 37.4 Å². The largest absolute Gasteiger partial charge is 0.465 e. The molecule has 9 heteroatoms. The Labute approximate surface area is 219 Å². The van der Waals surface area contributed by atoms with Gasteiger partial charge in [-0.3, -0.25) is 14.6 Å². The van der Waals surface area contributed by atoms with Gasteiger partial charge < -0.3 is 10.1 Å². The summed E-state index contributed by atoms with van der Waals surface area (Å²) in [5.41, 5.74) is 5.18. The summed E-state index contributed by atoms with van der Waals surface area (Å²) in [6, 6.07) is 10.9. The minimum atomic E-state index is -0.475. The molecule has 1 aliphatic rings. The first kappa shape index (κ1) is 26.3. The second-order valence-corrected chi connectivity index (χ2v) is 10.3. The molecule has 36 heavy (non-hydrogen) atoms. The fourth-order valence-corrected chi connectivity index (χ4v) is 5.52. The lowest BCUT2D eigenvalue weighted by atomic mass is 9.97. The molecule has 190 valence electrons. The van der Waals surface area contributed by atoms with Gasteiger partial charge >= 0.3 is 5.97 Å². The fraction of sp³-hybridized carbons (Fsp3) is 0.333. The van der Waals surface area contributed by atoms with Crippen molar-refractivity contribution in [2.75, 3.05) is 45.2 Å². The number of nitrogens with zero attached hydrogens (tertiary/aromatic N) is 2. The Balaban J connectivity index is 1.38. The SMILES string of the molecule is COC(=O)c1c(-c2cc(C)ccc2C)csc1NC(=O)CN1CCN(Cc2ccc(F)c(Cl)c2)CC1. The maximum atomic E-state index is 13.4. The monoisotopic (exact) mass is 529 g/mol. The molecule has 0 aliphatic carbocycles. The van der Waals surface area contributed by atoms with E-state index in [1.165, 1.54) is 24.5 Å². The molecule has 1 saturated heterocycles. The van der Waals surface area contributed by atoms with Crippen molar-refractivity contribution in [1.82, 2.24) is 9.80 Å². The molecule has 0 spiro atoms. The average Bonchev–Trinajstić information content (AvgIpc) is 3.26. The minimum absolute atomic E-state index is 0.128. The summed E-state index contributed by atoms with van der Waals surface area (Å²) in [4.78, 5) is 29.9. The van der Waals surface area contributed by atoms with Crippen molar-refractivity contribution in [2.24, 2.45) is 0 Å². The number of hydrogen-bond donors (Lipinski definition) is 1. The van der Waals surface area contributed by atoms with E-state index in [2.05, 4.69) is 15.1 Å². The normalized spacial score (nSPS) is 14.6. The van der Waals surface area contributed by atoms with Gasteiger partial charge in [0, 0.05) is 43.7 Å². The summed E-state index contributed by atoms with van der Waals surface area (Å²) >= 11 is 7.22. The lowest BCUT2D eigenvalue weighted by molar-refractivity contribution is -0.117. The molecule has 6 nitrogen and oxygen atoms in total. The third-order valence-corrected chi connectivity index (χ3v) is 7.52. The number of ether oxygens (including phenoxy) is 1. The number of hydrogen-bond acceptors (Lipinski definition) is 6. The lowest BCUT2D eigenvalue weighted by Gasteiger charge is -2.34. The molecule has 1 N–H and O–H groups in total. The van der Waals surface area contributed by atoms with Crippen molar-refractivity contribution in [2.45, 2.75) is 20.4 Å². The van der Waals surface area contributed by atoms with Gasteiger partial charge in [-0.15, -0.1) is 11.3 Å². The zero-order valence-electron chi connectivity index (χ0n) is 20.6.